The second kappa shape index (κ2) is 17.5. The molecule has 23 heavy (non-hydrogen) atoms. The Morgan fingerprint density at radius 1 is 1.04 bits per heavy atom. The summed E-state index contributed by atoms with van der Waals surface area (Å²) in [6.45, 7) is 3.64. The van der Waals surface area contributed by atoms with Crippen LogP contribution in [0, 0.1) is 0 Å². The van der Waals surface area contributed by atoms with E-state index in [-0.39, 0.29) is 47.9 Å². The van der Waals surface area contributed by atoms with Crippen LogP contribution in [0.4, 0.5) is 0 Å². The van der Waals surface area contributed by atoms with Gasteiger partial charge in [-0.3, -0.25) is 9.59 Å². The number of aliphatic carboxylic acids is 1. The van der Waals surface area contributed by atoms with Crippen molar-refractivity contribution < 1.29 is 49.4 Å². The molecule has 0 aromatic heterocycles. The second-order valence-corrected chi connectivity index (χ2v) is 5.17. The number of amides is 1. The largest absolute Gasteiger partial charge is 1.00 e. The summed E-state index contributed by atoms with van der Waals surface area (Å²) in [4.78, 5) is 25.3. The number of carbonyl (C=O) groups excluding carboxylic acids is 1. The molecule has 6 nitrogen and oxygen atoms in total. The molecule has 0 spiro atoms. The molecule has 0 aliphatic heterocycles. The van der Waals surface area contributed by atoms with Gasteiger partial charge in [-0.25, -0.2) is 0 Å². The summed E-state index contributed by atoms with van der Waals surface area (Å²) < 4.78 is 0. The number of aliphatic imine (C=N–C) groups is 1. The minimum atomic E-state index is -1.02. The maximum atomic E-state index is 11.2. The van der Waals surface area contributed by atoms with Gasteiger partial charge >= 0.3 is 35.5 Å². The van der Waals surface area contributed by atoms with E-state index in [9.17, 15) is 14.7 Å². The average molecular weight is 334 g/mol. The van der Waals surface area contributed by atoms with E-state index in [2.05, 4.69) is 16.9 Å². The van der Waals surface area contributed by atoms with Gasteiger partial charge in [0.1, 0.15) is 6.54 Å². The van der Waals surface area contributed by atoms with Gasteiger partial charge in [0.15, 0.2) is 0 Å². The van der Waals surface area contributed by atoms with Crippen molar-refractivity contribution in [1.82, 2.24) is 5.32 Å². The minimum absolute atomic E-state index is 0. The minimum Gasteiger partial charge on any atom is -0.859 e. The van der Waals surface area contributed by atoms with Crippen molar-refractivity contribution in [2.75, 3.05) is 13.1 Å². The molecule has 0 saturated carbocycles. The Morgan fingerprint density at radius 2 is 1.57 bits per heavy atom. The molecule has 126 valence electrons. The van der Waals surface area contributed by atoms with Gasteiger partial charge in [-0.2, -0.15) is 0 Å². The normalized spacial score (nSPS) is 10.7. The summed E-state index contributed by atoms with van der Waals surface area (Å²) in [5, 5.41) is 21.6. The fourth-order valence-corrected chi connectivity index (χ4v) is 1.97. The molecule has 0 heterocycles. The van der Waals surface area contributed by atoms with Gasteiger partial charge in [-0.15, -0.1) is 0 Å². The number of carboxylic acid groups (broad SMARTS) is 1. The molecule has 0 bridgehead atoms. The molecule has 1 amide bonds. The van der Waals surface area contributed by atoms with Crippen LogP contribution in [-0.4, -0.2) is 36.0 Å². The fraction of sp³-hybridized carbons (Fsp3) is 0.688. The first kappa shape index (κ1) is 24.4. The molecule has 0 fully saturated rings. The number of hydrogen-bond donors (Lipinski definition) is 2. The molecule has 0 radical (unpaired) electrons. The molecule has 0 rings (SSSR count). The first-order valence-corrected chi connectivity index (χ1v) is 7.88. The number of rotatable bonds is 14. The third-order valence-electron chi connectivity index (χ3n) is 3.19. The van der Waals surface area contributed by atoms with Gasteiger partial charge in [-0.05, 0) is 18.7 Å². The van der Waals surface area contributed by atoms with Crippen molar-refractivity contribution >= 4 is 17.8 Å². The molecule has 0 aromatic carbocycles. The molecular formula is C16H27N2NaO4. The number of nitrogens with one attached hydrogen (secondary N) is 1. The Labute approximate surface area is 160 Å². The molecule has 0 saturated heterocycles. The molecule has 7 heteroatoms. The van der Waals surface area contributed by atoms with E-state index in [1.165, 1.54) is 6.08 Å². The van der Waals surface area contributed by atoms with E-state index in [1.807, 2.05) is 0 Å². The standard InChI is InChI=1S/C16H28N2O4.Na/c1-2-14(19)17-12-10-8-6-4-3-5-7-9-11-15(20)18-13-16(21)22;/h2H,1,3-13H2,(H,17,19)(H,18,20)(H,21,22);/q;+1/p-1. The zero-order chi connectivity index (χ0) is 16.6. The molecule has 2 N–H and O–H groups in total. The zero-order valence-electron chi connectivity index (χ0n) is 14.2. The molecule has 0 aromatic rings. The van der Waals surface area contributed by atoms with Crippen molar-refractivity contribution in [2.24, 2.45) is 4.99 Å². The Balaban J connectivity index is 0. The summed E-state index contributed by atoms with van der Waals surface area (Å²) >= 11 is 0. The topological polar surface area (TPSA) is 102 Å². The predicted molar refractivity (Wildman–Crippen MR) is 84.7 cm³/mol. The van der Waals surface area contributed by atoms with Crippen LogP contribution >= 0.6 is 0 Å². The summed E-state index contributed by atoms with van der Waals surface area (Å²) in [6, 6.07) is 0. The Hall–Kier alpha value is -0.850. The van der Waals surface area contributed by atoms with E-state index >= 15 is 0 Å². The summed E-state index contributed by atoms with van der Waals surface area (Å²) in [5.41, 5.74) is 0. The van der Waals surface area contributed by atoms with Crippen molar-refractivity contribution in [3.63, 3.8) is 0 Å². The van der Waals surface area contributed by atoms with Crippen LogP contribution in [0.1, 0.15) is 57.8 Å². The van der Waals surface area contributed by atoms with Crippen molar-refractivity contribution in [1.29, 1.82) is 0 Å². The second-order valence-electron chi connectivity index (χ2n) is 5.17. The quantitative estimate of drug-likeness (QED) is 0.177. The van der Waals surface area contributed by atoms with Gasteiger partial charge in [0, 0.05) is 13.0 Å². The SMILES string of the molecule is C=CC([O-])=NCCCCCCCCCCC(=O)NCC(=O)O.[Na+]. The van der Waals surface area contributed by atoms with Crippen LogP contribution in [0.2, 0.25) is 0 Å². The first-order valence-electron chi connectivity index (χ1n) is 7.88. The fourth-order valence-electron chi connectivity index (χ4n) is 1.97. The Bertz CT molecular complexity index is 373. The van der Waals surface area contributed by atoms with Gasteiger partial charge in [0.2, 0.25) is 5.91 Å². The predicted octanol–water partition coefficient (Wildman–Crippen LogP) is -1.35. The van der Waals surface area contributed by atoms with Gasteiger partial charge in [0.05, 0.1) is 0 Å². The van der Waals surface area contributed by atoms with Crippen LogP contribution in [0.25, 0.3) is 0 Å². The van der Waals surface area contributed by atoms with E-state index in [0.717, 1.165) is 51.4 Å². The third kappa shape index (κ3) is 19.1. The summed E-state index contributed by atoms with van der Waals surface area (Å²) in [5.74, 6) is -1.46. The number of nitrogens with zero attached hydrogens (tertiary/aromatic N) is 1. The smallest absolute Gasteiger partial charge is 0.859 e. The van der Waals surface area contributed by atoms with E-state index in [0.29, 0.717) is 13.0 Å². The molecular weight excluding hydrogens is 307 g/mol. The maximum Gasteiger partial charge on any atom is 1.00 e. The van der Waals surface area contributed by atoms with Gasteiger partial charge in [-0.1, -0.05) is 51.2 Å². The monoisotopic (exact) mass is 334 g/mol. The number of carbonyl (C=O) groups is 2. The molecule has 0 aliphatic rings. The Morgan fingerprint density at radius 3 is 2.09 bits per heavy atom. The van der Waals surface area contributed by atoms with Crippen LogP contribution in [-0.2, 0) is 9.59 Å². The van der Waals surface area contributed by atoms with E-state index in [4.69, 9.17) is 5.11 Å². The number of unbranched alkanes of at least 4 members (excludes halogenated alkanes) is 7. The van der Waals surface area contributed by atoms with E-state index < -0.39 is 5.97 Å². The molecule has 0 atom stereocenters. The summed E-state index contributed by atoms with van der Waals surface area (Å²) in [7, 11) is 0. The van der Waals surface area contributed by atoms with E-state index in [1.54, 1.807) is 0 Å². The third-order valence-corrected chi connectivity index (χ3v) is 3.19. The Kier molecular flexibility index (Phi) is 18.6. The van der Waals surface area contributed by atoms with Crippen LogP contribution in [0.3, 0.4) is 0 Å². The number of carboxylic acids is 1. The van der Waals surface area contributed by atoms with Crippen LogP contribution in [0.5, 0.6) is 0 Å². The number of hydrogen-bond acceptors (Lipinski definition) is 4. The molecule has 0 aliphatic carbocycles. The van der Waals surface area contributed by atoms with Gasteiger partial charge in [0.25, 0.3) is 0 Å². The van der Waals surface area contributed by atoms with Crippen molar-refractivity contribution in [3.05, 3.63) is 12.7 Å². The van der Waals surface area contributed by atoms with Crippen LogP contribution < -0.4 is 40.0 Å². The first-order chi connectivity index (χ1) is 10.6. The van der Waals surface area contributed by atoms with Crippen molar-refractivity contribution in [2.45, 2.75) is 57.8 Å². The van der Waals surface area contributed by atoms with Crippen LogP contribution in [0.15, 0.2) is 17.6 Å². The average Bonchev–Trinajstić information content (AvgIpc) is 2.50. The van der Waals surface area contributed by atoms with Gasteiger partial charge < -0.3 is 20.5 Å². The zero-order valence-corrected chi connectivity index (χ0v) is 16.2. The maximum absolute atomic E-state index is 11.2. The van der Waals surface area contributed by atoms with Crippen molar-refractivity contribution in [3.8, 4) is 0 Å². The summed E-state index contributed by atoms with van der Waals surface area (Å²) in [6.07, 6.45) is 9.93. The molecule has 0 unspecified atom stereocenters.